The Labute approximate surface area is 112 Å². The molecule has 0 atom stereocenters. The molecule has 0 aliphatic rings. The number of hydrogen-bond donors (Lipinski definition) is 2. The number of benzene rings is 1. The highest BCUT2D eigenvalue weighted by molar-refractivity contribution is 5.50. The van der Waals surface area contributed by atoms with Gasteiger partial charge in [0.25, 0.3) is 0 Å². The molecule has 0 unspecified atom stereocenters. The van der Waals surface area contributed by atoms with Crippen molar-refractivity contribution in [2.24, 2.45) is 0 Å². The van der Waals surface area contributed by atoms with Gasteiger partial charge in [0.1, 0.15) is 0 Å². The van der Waals surface area contributed by atoms with E-state index in [2.05, 4.69) is 67.6 Å². The van der Waals surface area contributed by atoms with E-state index in [0.717, 1.165) is 19.6 Å². The highest BCUT2D eigenvalue weighted by Gasteiger charge is 2.09. The van der Waals surface area contributed by atoms with Crippen LogP contribution in [0.1, 0.15) is 26.3 Å². The summed E-state index contributed by atoms with van der Waals surface area (Å²) in [7, 11) is 4.14. The van der Waals surface area contributed by atoms with Crippen molar-refractivity contribution in [2.75, 3.05) is 32.5 Å². The monoisotopic (exact) mass is 249 g/mol. The van der Waals surface area contributed by atoms with E-state index in [1.807, 2.05) is 7.05 Å². The summed E-state index contributed by atoms with van der Waals surface area (Å²) in [6, 6.07) is 8.46. The highest BCUT2D eigenvalue weighted by atomic mass is 15.1. The fourth-order valence-electron chi connectivity index (χ4n) is 1.89. The predicted molar refractivity (Wildman–Crippen MR) is 80.1 cm³/mol. The van der Waals surface area contributed by atoms with Gasteiger partial charge in [-0.2, -0.15) is 0 Å². The largest absolute Gasteiger partial charge is 0.388 e. The van der Waals surface area contributed by atoms with Crippen molar-refractivity contribution in [2.45, 2.75) is 32.9 Å². The number of nitrogens with one attached hydrogen (secondary N) is 2. The minimum Gasteiger partial charge on any atom is -0.388 e. The Morgan fingerprint density at radius 2 is 1.83 bits per heavy atom. The van der Waals surface area contributed by atoms with Crippen LogP contribution in [0.4, 0.5) is 5.69 Å². The summed E-state index contributed by atoms with van der Waals surface area (Å²) in [5.74, 6) is 0. The van der Waals surface area contributed by atoms with Crippen LogP contribution < -0.4 is 10.6 Å². The first-order valence-corrected chi connectivity index (χ1v) is 6.61. The zero-order valence-electron chi connectivity index (χ0n) is 12.4. The topological polar surface area (TPSA) is 27.3 Å². The summed E-state index contributed by atoms with van der Waals surface area (Å²) in [5, 5.41) is 6.75. The second kappa shape index (κ2) is 6.76. The summed E-state index contributed by atoms with van der Waals surface area (Å²) >= 11 is 0. The second-order valence-corrected chi connectivity index (χ2v) is 5.82. The molecule has 1 rings (SSSR count). The van der Waals surface area contributed by atoms with Crippen LogP contribution in [0, 0.1) is 0 Å². The first kappa shape index (κ1) is 15.0. The fraction of sp³-hybridized carbons (Fsp3) is 0.600. The molecule has 3 heteroatoms. The maximum Gasteiger partial charge on any atom is 0.0383 e. The first-order chi connectivity index (χ1) is 8.42. The zero-order chi connectivity index (χ0) is 13.6. The fourth-order valence-corrected chi connectivity index (χ4v) is 1.89. The molecular formula is C15H27N3. The average molecular weight is 249 g/mol. The lowest BCUT2D eigenvalue weighted by Gasteiger charge is -2.24. The van der Waals surface area contributed by atoms with Crippen LogP contribution in [0.15, 0.2) is 24.3 Å². The van der Waals surface area contributed by atoms with E-state index in [-0.39, 0.29) is 5.54 Å². The van der Waals surface area contributed by atoms with Crippen LogP contribution in [0.5, 0.6) is 0 Å². The predicted octanol–water partition coefficient (Wildman–Crippen LogP) is 2.55. The van der Waals surface area contributed by atoms with E-state index >= 15 is 0 Å². The Balaban J connectivity index is 2.42. The highest BCUT2D eigenvalue weighted by Crippen LogP contribution is 2.15. The molecule has 0 aromatic heterocycles. The molecule has 0 spiro atoms. The number of likely N-dealkylation sites (N-methyl/N-ethyl adjacent to an activating group) is 1. The molecule has 0 aliphatic heterocycles. The van der Waals surface area contributed by atoms with Gasteiger partial charge in [0.05, 0.1) is 0 Å². The molecule has 1 aromatic rings. The molecule has 18 heavy (non-hydrogen) atoms. The van der Waals surface area contributed by atoms with Crippen molar-refractivity contribution in [3.8, 4) is 0 Å². The number of anilines is 1. The molecule has 0 amide bonds. The van der Waals surface area contributed by atoms with Crippen LogP contribution >= 0.6 is 0 Å². The van der Waals surface area contributed by atoms with Crippen LogP contribution in [0.3, 0.4) is 0 Å². The maximum absolute atomic E-state index is 3.51. The summed E-state index contributed by atoms with van der Waals surface area (Å²) in [4.78, 5) is 2.34. The third-order valence-corrected chi connectivity index (χ3v) is 2.88. The quantitative estimate of drug-likeness (QED) is 0.811. The SMILES string of the molecule is CNc1ccccc1CN(C)CCNC(C)(C)C. The molecular weight excluding hydrogens is 222 g/mol. The molecule has 2 N–H and O–H groups in total. The molecule has 0 saturated carbocycles. The van der Waals surface area contributed by atoms with Crippen molar-refractivity contribution in [1.82, 2.24) is 10.2 Å². The van der Waals surface area contributed by atoms with Crippen LogP contribution in [-0.2, 0) is 6.54 Å². The molecule has 0 bridgehead atoms. The third-order valence-electron chi connectivity index (χ3n) is 2.88. The van der Waals surface area contributed by atoms with E-state index in [9.17, 15) is 0 Å². The van der Waals surface area contributed by atoms with Gasteiger partial charge in [-0.15, -0.1) is 0 Å². The van der Waals surface area contributed by atoms with Gasteiger partial charge in [0, 0.05) is 37.9 Å². The molecule has 0 aliphatic carbocycles. The van der Waals surface area contributed by atoms with Gasteiger partial charge in [0.2, 0.25) is 0 Å². The average Bonchev–Trinajstić information content (AvgIpc) is 2.28. The first-order valence-electron chi connectivity index (χ1n) is 6.61. The van der Waals surface area contributed by atoms with Gasteiger partial charge in [0.15, 0.2) is 0 Å². The van der Waals surface area contributed by atoms with Crippen LogP contribution in [-0.4, -0.2) is 37.6 Å². The van der Waals surface area contributed by atoms with E-state index < -0.39 is 0 Å². The van der Waals surface area contributed by atoms with Gasteiger partial charge >= 0.3 is 0 Å². The Morgan fingerprint density at radius 3 is 2.44 bits per heavy atom. The summed E-state index contributed by atoms with van der Waals surface area (Å²) in [5.41, 5.74) is 2.76. The van der Waals surface area contributed by atoms with Crippen molar-refractivity contribution < 1.29 is 0 Å². The van der Waals surface area contributed by atoms with Gasteiger partial charge < -0.3 is 15.5 Å². The number of para-hydroxylation sites is 1. The molecule has 0 heterocycles. The van der Waals surface area contributed by atoms with Crippen molar-refractivity contribution >= 4 is 5.69 Å². The Hall–Kier alpha value is -1.06. The lowest BCUT2D eigenvalue weighted by molar-refractivity contribution is 0.304. The number of hydrogen-bond acceptors (Lipinski definition) is 3. The maximum atomic E-state index is 3.51. The summed E-state index contributed by atoms with van der Waals surface area (Å²) in [6.07, 6.45) is 0. The molecule has 102 valence electrons. The normalized spacial score (nSPS) is 11.9. The summed E-state index contributed by atoms with van der Waals surface area (Å²) < 4.78 is 0. The lowest BCUT2D eigenvalue weighted by Crippen LogP contribution is -2.40. The lowest BCUT2D eigenvalue weighted by atomic mass is 10.1. The second-order valence-electron chi connectivity index (χ2n) is 5.82. The van der Waals surface area contributed by atoms with Gasteiger partial charge in [-0.1, -0.05) is 18.2 Å². The summed E-state index contributed by atoms with van der Waals surface area (Å²) in [6.45, 7) is 9.63. The van der Waals surface area contributed by atoms with E-state index in [4.69, 9.17) is 0 Å². The Kier molecular flexibility index (Phi) is 5.63. The minimum atomic E-state index is 0.198. The zero-order valence-corrected chi connectivity index (χ0v) is 12.4. The molecule has 0 fully saturated rings. The van der Waals surface area contributed by atoms with E-state index in [0.29, 0.717) is 0 Å². The van der Waals surface area contributed by atoms with Crippen molar-refractivity contribution in [3.05, 3.63) is 29.8 Å². The van der Waals surface area contributed by atoms with Crippen LogP contribution in [0.25, 0.3) is 0 Å². The number of rotatable bonds is 6. The third kappa shape index (κ3) is 5.52. The standard InChI is InChI=1S/C15H27N3/c1-15(2,3)17-10-11-18(5)12-13-8-6-7-9-14(13)16-4/h6-9,16-17H,10-12H2,1-5H3. The number of nitrogens with zero attached hydrogens (tertiary/aromatic N) is 1. The van der Waals surface area contributed by atoms with Crippen molar-refractivity contribution in [3.63, 3.8) is 0 Å². The van der Waals surface area contributed by atoms with Crippen LogP contribution in [0.2, 0.25) is 0 Å². The molecule has 1 aromatic carbocycles. The Bertz CT molecular complexity index is 355. The van der Waals surface area contributed by atoms with Gasteiger partial charge in [-0.3, -0.25) is 0 Å². The molecule has 0 radical (unpaired) electrons. The molecule has 3 nitrogen and oxygen atoms in total. The van der Waals surface area contributed by atoms with E-state index in [1.54, 1.807) is 0 Å². The molecule has 0 saturated heterocycles. The van der Waals surface area contributed by atoms with Gasteiger partial charge in [-0.05, 0) is 39.4 Å². The smallest absolute Gasteiger partial charge is 0.0383 e. The van der Waals surface area contributed by atoms with E-state index in [1.165, 1.54) is 11.3 Å². The van der Waals surface area contributed by atoms with Crippen molar-refractivity contribution in [1.29, 1.82) is 0 Å². The Morgan fingerprint density at radius 1 is 1.17 bits per heavy atom. The minimum absolute atomic E-state index is 0.198. The van der Waals surface area contributed by atoms with Gasteiger partial charge in [-0.25, -0.2) is 0 Å².